The molecule has 2 nitrogen and oxygen atoms in total. The molecule has 1 amide bonds. The van der Waals surface area contributed by atoms with Crippen molar-refractivity contribution in [2.45, 2.75) is 46.0 Å². The first-order valence-electron chi connectivity index (χ1n) is 6.63. The zero-order chi connectivity index (χ0) is 13.1. The van der Waals surface area contributed by atoms with Crippen LogP contribution in [0.1, 0.15) is 43.2 Å². The van der Waals surface area contributed by atoms with Gasteiger partial charge in [-0.2, -0.15) is 0 Å². The molecule has 0 aromatic heterocycles. The molecule has 3 heteroatoms. The number of rotatable bonds is 3. The van der Waals surface area contributed by atoms with Crippen molar-refractivity contribution in [2.24, 2.45) is 5.92 Å². The maximum atomic E-state index is 12.0. The second-order valence-electron chi connectivity index (χ2n) is 5.32. The Hall–Kier alpha value is -0.830. The van der Waals surface area contributed by atoms with E-state index in [9.17, 15) is 4.79 Å². The van der Waals surface area contributed by atoms with Crippen LogP contribution >= 0.6 is 15.9 Å². The lowest BCUT2D eigenvalue weighted by Gasteiger charge is -2.14. The first kappa shape index (κ1) is 13.6. The van der Waals surface area contributed by atoms with E-state index in [1.165, 1.54) is 25.7 Å². The third-order valence-electron chi connectivity index (χ3n) is 3.71. The van der Waals surface area contributed by atoms with Gasteiger partial charge < -0.3 is 5.32 Å². The van der Waals surface area contributed by atoms with E-state index in [1.807, 2.05) is 26.0 Å². The second kappa shape index (κ2) is 5.87. The molecule has 1 fully saturated rings. The van der Waals surface area contributed by atoms with Gasteiger partial charge in [-0.25, -0.2) is 0 Å². The van der Waals surface area contributed by atoms with Gasteiger partial charge in [0.25, 0.3) is 0 Å². The van der Waals surface area contributed by atoms with Crippen molar-refractivity contribution >= 4 is 27.5 Å². The summed E-state index contributed by atoms with van der Waals surface area (Å²) in [5.41, 5.74) is 3.20. The molecule has 1 aromatic carbocycles. The lowest BCUT2D eigenvalue weighted by Crippen LogP contribution is -2.16. The highest BCUT2D eigenvalue weighted by Crippen LogP contribution is 2.29. The van der Waals surface area contributed by atoms with Gasteiger partial charge in [0.2, 0.25) is 5.91 Å². The molecule has 0 bridgehead atoms. The van der Waals surface area contributed by atoms with Gasteiger partial charge in [0.15, 0.2) is 0 Å². The Morgan fingerprint density at radius 1 is 1.28 bits per heavy atom. The summed E-state index contributed by atoms with van der Waals surface area (Å²) in [6.07, 6.45) is 5.68. The number of amides is 1. The lowest BCUT2D eigenvalue weighted by molar-refractivity contribution is -0.117. The van der Waals surface area contributed by atoms with Crippen LogP contribution in [0.3, 0.4) is 0 Å². The Labute approximate surface area is 117 Å². The maximum absolute atomic E-state index is 12.0. The molecule has 0 saturated heterocycles. The predicted octanol–water partition coefficient (Wildman–Crippen LogP) is 4.58. The van der Waals surface area contributed by atoms with Gasteiger partial charge in [-0.3, -0.25) is 4.79 Å². The Bertz CT molecular complexity index is 427. The number of aryl methyl sites for hydroxylation is 2. The Kier molecular flexibility index (Phi) is 4.44. The number of carbonyl (C=O) groups excluding carboxylic acids is 1. The molecule has 1 N–H and O–H groups in total. The molecule has 0 heterocycles. The van der Waals surface area contributed by atoms with Crippen molar-refractivity contribution in [2.75, 3.05) is 5.32 Å². The zero-order valence-electron chi connectivity index (χ0n) is 11.1. The SMILES string of the molecule is Cc1cc(Br)cc(C)c1NC(=O)CC1CCCC1. The van der Waals surface area contributed by atoms with Gasteiger partial charge >= 0.3 is 0 Å². The van der Waals surface area contributed by atoms with Gasteiger partial charge in [0.05, 0.1) is 0 Å². The van der Waals surface area contributed by atoms with Crippen molar-refractivity contribution in [3.63, 3.8) is 0 Å². The monoisotopic (exact) mass is 309 g/mol. The smallest absolute Gasteiger partial charge is 0.224 e. The van der Waals surface area contributed by atoms with Crippen LogP contribution in [0.15, 0.2) is 16.6 Å². The minimum atomic E-state index is 0.162. The Morgan fingerprint density at radius 3 is 2.39 bits per heavy atom. The number of nitrogens with one attached hydrogen (secondary N) is 1. The topological polar surface area (TPSA) is 29.1 Å². The second-order valence-corrected chi connectivity index (χ2v) is 6.23. The van der Waals surface area contributed by atoms with Crippen molar-refractivity contribution in [3.8, 4) is 0 Å². The van der Waals surface area contributed by atoms with Gasteiger partial charge in [-0.1, -0.05) is 28.8 Å². The standard InChI is InChI=1S/C15H20BrNO/c1-10-7-13(16)8-11(2)15(10)17-14(18)9-12-5-3-4-6-12/h7-8,12H,3-6,9H2,1-2H3,(H,17,18). The molecule has 0 radical (unpaired) electrons. The van der Waals surface area contributed by atoms with Crippen molar-refractivity contribution in [1.82, 2.24) is 0 Å². The normalized spacial score (nSPS) is 15.9. The molecule has 1 saturated carbocycles. The summed E-state index contributed by atoms with van der Waals surface area (Å²) in [6, 6.07) is 4.08. The van der Waals surface area contributed by atoms with Crippen LogP contribution in [0.4, 0.5) is 5.69 Å². The van der Waals surface area contributed by atoms with E-state index in [2.05, 4.69) is 21.2 Å². The van der Waals surface area contributed by atoms with Crippen LogP contribution in [-0.2, 0) is 4.79 Å². The average Bonchev–Trinajstić information content (AvgIpc) is 2.76. The van der Waals surface area contributed by atoms with E-state index >= 15 is 0 Å². The first-order chi connectivity index (χ1) is 8.56. The molecule has 0 unspecified atom stereocenters. The summed E-state index contributed by atoms with van der Waals surface area (Å²) in [4.78, 5) is 12.0. The summed E-state index contributed by atoms with van der Waals surface area (Å²) in [5.74, 6) is 0.761. The highest BCUT2D eigenvalue weighted by atomic mass is 79.9. The van der Waals surface area contributed by atoms with Crippen molar-refractivity contribution in [1.29, 1.82) is 0 Å². The minimum absolute atomic E-state index is 0.162. The van der Waals surface area contributed by atoms with Crippen LogP contribution < -0.4 is 5.32 Å². The highest BCUT2D eigenvalue weighted by Gasteiger charge is 2.19. The molecule has 0 spiro atoms. The largest absolute Gasteiger partial charge is 0.326 e. The predicted molar refractivity (Wildman–Crippen MR) is 78.8 cm³/mol. The number of anilines is 1. The Morgan fingerprint density at radius 2 is 1.83 bits per heavy atom. The molecule has 1 aromatic rings. The fourth-order valence-electron chi connectivity index (χ4n) is 2.77. The molecule has 0 aliphatic heterocycles. The molecule has 1 aliphatic rings. The number of halogens is 1. The van der Waals surface area contributed by atoms with E-state index < -0.39 is 0 Å². The van der Waals surface area contributed by atoms with E-state index in [-0.39, 0.29) is 5.91 Å². The zero-order valence-corrected chi connectivity index (χ0v) is 12.6. The summed E-state index contributed by atoms with van der Waals surface area (Å²) in [6.45, 7) is 4.06. The van der Waals surface area contributed by atoms with Crippen LogP contribution in [0.25, 0.3) is 0 Å². The fourth-order valence-corrected chi connectivity index (χ4v) is 3.46. The Balaban J connectivity index is 2.02. The van der Waals surface area contributed by atoms with Gasteiger partial charge in [0, 0.05) is 16.6 Å². The average molecular weight is 310 g/mol. The molecule has 18 heavy (non-hydrogen) atoms. The number of hydrogen-bond donors (Lipinski definition) is 1. The van der Waals surface area contributed by atoms with Crippen LogP contribution in [0.2, 0.25) is 0 Å². The van der Waals surface area contributed by atoms with Crippen molar-refractivity contribution in [3.05, 3.63) is 27.7 Å². The maximum Gasteiger partial charge on any atom is 0.224 e. The van der Waals surface area contributed by atoms with E-state index in [0.29, 0.717) is 12.3 Å². The van der Waals surface area contributed by atoms with Crippen LogP contribution in [0, 0.1) is 19.8 Å². The quantitative estimate of drug-likeness (QED) is 0.869. The summed E-state index contributed by atoms with van der Waals surface area (Å²) < 4.78 is 1.06. The van der Waals surface area contributed by atoms with E-state index in [1.54, 1.807) is 0 Å². The van der Waals surface area contributed by atoms with Gasteiger partial charge in [-0.05, 0) is 55.9 Å². The van der Waals surface area contributed by atoms with Crippen LogP contribution in [0.5, 0.6) is 0 Å². The van der Waals surface area contributed by atoms with E-state index in [0.717, 1.165) is 21.3 Å². The summed E-state index contributed by atoms with van der Waals surface area (Å²) in [5, 5.41) is 3.07. The third-order valence-corrected chi connectivity index (χ3v) is 4.17. The summed E-state index contributed by atoms with van der Waals surface area (Å²) >= 11 is 3.47. The van der Waals surface area contributed by atoms with E-state index in [4.69, 9.17) is 0 Å². The molecular formula is C15H20BrNO. The van der Waals surface area contributed by atoms with Crippen molar-refractivity contribution < 1.29 is 4.79 Å². The first-order valence-corrected chi connectivity index (χ1v) is 7.42. The third kappa shape index (κ3) is 3.35. The molecular weight excluding hydrogens is 290 g/mol. The lowest BCUT2D eigenvalue weighted by atomic mass is 10.0. The van der Waals surface area contributed by atoms with Gasteiger partial charge in [-0.15, -0.1) is 0 Å². The minimum Gasteiger partial charge on any atom is -0.326 e. The highest BCUT2D eigenvalue weighted by molar-refractivity contribution is 9.10. The fraction of sp³-hybridized carbons (Fsp3) is 0.533. The number of benzene rings is 1. The van der Waals surface area contributed by atoms with Crippen LogP contribution in [-0.4, -0.2) is 5.91 Å². The number of carbonyl (C=O) groups is 1. The summed E-state index contributed by atoms with van der Waals surface area (Å²) in [7, 11) is 0. The van der Waals surface area contributed by atoms with Gasteiger partial charge in [0.1, 0.15) is 0 Å². The molecule has 98 valence electrons. The molecule has 2 rings (SSSR count). The number of hydrogen-bond acceptors (Lipinski definition) is 1. The molecule has 0 atom stereocenters. The molecule has 1 aliphatic carbocycles.